The lowest BCUT2D eigenvalue weighted by Gasteiger charge is -2.27. The summed E-state index contributed by atoms with van der Waals surface area (Å²) >= 11 is 0. The van der Waals surface area contributed by atoms with Gasteiger partial charge in [-0.2, -0.15) is 0 Å². The second-order valence-electron chi connectivity index (χ2n) is 16.1. The van der Waals surface area contributed by atoms with Gasteiger partial charge in [0.05, 0.1) is 0 Å². The minimum atomic E-state index is -0.104. The lowest BCUT2D eigenvalue weighted by atomic mass is 9.81. The average Bonchev–Trinajstić information content (AvgIpc) is 3.79. The quantitative estimate of drug-likeness (QED) is 0.161. The number of furan rings is 1. The lowest BCUT2D eigenvalue weighted by molar-refractivity contribution is 0.660. The minimum Gasteiger partial charge on any atom is -0.455 e. The summed E-state index contributed by atoms with van der Waals surface area (Å²) in [6.45, 7) is 4.71. The van der Waals surface area contributed by atoms with Crippen molar-refractivity contribution in [3.05, 3.63) is 223 Å². The van der Waals surface area contributed by atoms with Crippen LogP contribution >= 0.6 is 0 Å². The summed E-state index contributed by atoms with van der Waals surface area (Å²) in [4.78, 5) is 2.38. The molecular weight excluding hydrogens is 715 g/mol. The van der Waals surface area contributed by atoms with Gasteiger partial charge in [-0.15, -0.1) is 0 Å². The Morgan fingerprint density at radius 2 is 0.864 bits per heavy atom. The predicted octanol–water partition coefficient (Wildman–Crippen LogP) is 16.0. The van der Waals surface area contributed by atoms with E-state index >= 15 is 0 Å². The maximum Gasteiger partial charge on any atom is 0.143 e. The van der Waals surface area contributed by atoms with Gasteiger partial charge in [0.15, 0.2) is 0 Å². The van der Waals surface area contributed by atoms with Crippen LogP contribution in [0, 0.1) is 0 Å². The van der Waals surface area contributed by atoms with Crippen LogP contribution in [0.4, 0.5) is 17.1 Å². The van der Waals surface area contributed by atoms with Gasteiger partial charge in [0.1, 0.15) is 11.2 Å². The molecular formula is C57H41NO. The van der Waals surface area contributed by atoms with Crippen LogP contribution in [0.15, 0.2) is 217 Å². The molecule has 1 aromatic heterocycles. The number of hydrogen-bond donors (Lipinski definition) is 0. The van der Waals surface area contributed by atoms with E-state index in [0.717, 1.165) is 50.1 Å². The van der Waals surface area contributed by atoms with Gasteiger partial charge in [-0.05, 0) is 110 Å². The molecule has 280 valence electrons. The first-order valence-electron chi connectivity index (χ1n) is 20.4. The van der Waals surface area contributed by atoms with Crippen molar-refractivity contribution in [2.75, 3.05) is 4.90 Å². The topological polar surface area (TPSA) is 16.4 Å². The van der Waals surface area contributed by atoms with E-state index in [1.54, 1.807) is 0 Å². The Bertz CT molecular complexity index is 3160. The summed E-state index contributed by atoms with van der Waals surface area (Å²) in [6.07, 6.45) is 0. The molecule has 10 aromatic rings. The fourth-order valence-electron chi connectivity index (χ4n) is 9.30. The van der Waals surface area contributed by atoms with Gasteiger partial charge in [-0.1, -0.05) is 178 Å². The van der Waals surface area contributed by atoms with Crippen molar-refractivity contribution in [1.82, 2.24) is 0 Å². The van der Waals surface area contributed by atoms with Crippen molar-refractivity contribution in [3.63, 3.8) is 0 Å². The van der Waals surface area contributed by atoms with Gasteiger partial charge in [0.25, 0.3) is 0 Å². The number of fused-ring (bicyclic) bond motifs is 6. The molecule has 1 heterocycles. The maximum absolute atomic E-state index is 6.45. The fraction of sp³-hybridized carbons (Fsp3) is 0.0526. The molecule has 0 fully saturated rings. The van der Waals surface area contributed by atoms with E-state index in [0.29, 0.717) is 0 Å². The SMILES string of the molecule is CC1(C)c2ccccc2-c2ccc(-c3cc(N(c4ccc(-c5ccccc5)cc4)c4ccc(-c5cccc6c5oc5ccccc56)cc4)ccc3-c3ccccc3)cc21. The third kappa shape index (κ3) is 5.87. The highest BCUT2D eigenvalue weighted by molar-refractivity contribution is 6.09. The third-order valence-electron chi connectivity index (χ3n) is 12.3. The van der Waals surface area contributed by atoms with E-state index in [2.05, 4.69) is 219 Å². The Kier molecular flexibility index (Phi) is 8.20. The molecule has 1 aliphatic carbocycles. The standard InChI is InChI=1S/C57H41NO/c1-57(2)53-22-11-9-18-48(53)49-34-28-42(36-54(49)57)52-37-45(33-35-46(52)40-16-7-4-8-17-40)58(43-29-24-39(25-30-43)38-14-5-3-6-15-38)44-31-26-41(27-32-44)47-20-13-21-51-50-19-10-12-23-55(50)59-56(47)51/h3-37H,1-2H3. The summed E-state index contributed by atoms with van der Waals surface area (Å²) in [5.41, 5.74) is 19.7. The van der Waals surface area contributed by atoms with Crippen molar-refractivity contribution in [1.29, 1.82) is 0 Å². The summed E-state index contributed by atoms with van der Waals surface area (Å²) in [5.74, 6) is 0. The van der Waals surface area contributed by atoms with Crippen LogP contribution < -0.4 is 4.90 Å². The van der Waals surface area contributed by atoms with Crippen LogP contribution in [-0.2, 0) is 5.41 Å². The Balaban J connectivity index is 1.07. The fourth-order valence-corrected chi connectivity index (χ4v) is 9.30. The van der Waals surface area contributed by atoms with Crippen LogP contribution in [0.1, 0.15) is 25.0 Å². The van der Waals surface area contributed by atoms with Crippen molar-refractivity contribution < 1.29 is 4.42 Å². The van der Waals surface area contributed by atoms with Crippen LogP contribution in [-0.4, -0.2) is 0 Å². The summed E-state index contributed by atoms with van der Waals surface area (Å²) in [7, 11) is 0. The van der Waals surface area contributed by atoms with E-state index in [-0.39, 0.29) is 5.41 Å². The molecule has 0 unspecified atom stereocenters. The maximum atomic E-state index is 6.45. The Hall–Kier alpha value is -7.42. The molecule has 1 aliphatic rings. The first kappa shape index (κ1) is 34.8. The predicted molar refractivity (Wildman–Crippen MR) is 248 cm³/mol. The summed E-state index contributed by atoms with van der Waals surface area (Å²) in [6, 6.07) is 76.9. The highest BCUT2D eigenvalue weighted by Crippen LogP contribution is 2.51. The first-order valence-corrected chi connectivity index (χ1v) is 20.4. The molecule has 0 radical (unpaired) electrons. The number of rotatable bonds is 7. The summed E-state index contributed by atoms with van der Waals surface area (Å²) in [5, 5.41) is 2.27. The zero-order valence-electron chi connectivity index (χ0n) is 33.1. The number of para-hydroxylation sites is 2. The largest absolute Gasteiger partial charge is 0.455 e. The van der Waals surface area contributed by atoms with E-state index in [4.69, 9.17) is 4.42 Å². The highest BCUT2D eigenvalue weighted by atomic mass is 16.3. The van der Waals surface area contributed by atoms with Crippen molar-refractivity contribution in [2.24, 2.45) is 0 Å². The van der Waals surface area contributed by atoms with Gasteiger partial charge < -0.3 is 9.32 Å². The normalized spacial score (nSPS) is 12.7. The van der Waals surface area contributed by atoms with E-state index in [1.165, 1.54) is 55.6 Å². The molecule has 11 rings (SSSR count). The minimum absolute atomic E-state index is 0.104. The van der Waals surface area contributed by atoms with Gasteiger partial charge in [-0.25, -0.2) is 0 Å². The molecule has 0 saturated carbocycles. The number of hydrogen-bond acceptors (Lipinski definition) is 2. The Morgan fingerprint density at radius 3 is 1.63 bits per heavy atom. The Labute approximate surface area is 345 Å². The molecule has 2 heteroatoms. The van der Waals surface area contributed by atoms with Gasteiger partial charge in [0, 0.05) is 38.8 Å². The van der Waals surface area contributed by atoms with Gasteiger partial charge >= 0.3 is 0 Å². The third-order valence-corrected chi connectivity index (χ3v) is 12.3. The molecule has 0 spiro atoms. The summed E-state index contributed by atoms with van der Waals surface area (Å²) < 4.78 is 6.45. The molecule has 2 nitrogen and oxygen atoms in total. The molecule has 0 saturated heterocycles. The molecule has 0 amide bonds. The molecule has 0 atom stereocenters. The Morgan fingerprint density at radius 1 is 0.339 bits per heavy atom. The van der Waals surface area contributed by atoms with E-state index in [9.17, 15) is 0 Å². The average molecular weight is 756 g/mol. The number of benzene rings is 9. The number of anilines is 3. The zero-order valence-corrected chi connectivity index (χ0v) is 33.1. The van der Waals surface area contributed by atoms with Crippen LogP contribution in [0.25, 0.3) is 77.6 Å². The monoisotopic (exact) mass is 755 g/mol. The molecule has 0 bridgehead atoms. The van der Waals surface area contributed by atoms with Crippen molar-refractivity contribution >= 4 is 39.0 Å². The molecule has 0 aliphatic heterocycles. The van der Waals surface area contributed by atoms with Crippen molar-refractivity contribution in [2.45, 2.75) is 19.3 Å². The number of nitrogens with zero attached hydrogens (tertiary/aromatic N) is 1. The van der Waals surface area contributed by atoms with Crippen molar-refractivity contribution in [3.8, 4) is 55.6 Å². The van der Waals surface area contributed by atoms with Gasteiger partial charge in [-0.3, -0.25) is 0 Å². The zero-order chi connectivity index (χ0) is 39.5. The second-order valence-corrected chi connectivity index (χ2v) is 16.1. The van der Waals surface area contributed by atoms with Gasteiger partial charge in [0.2, 0.25) is 0 Å². The van der Waals surface area contributed by atoms with Crippen LogP contribution in [0.5, 0.6) is 0 Å². The highest BCUT2D eigenvalue weighted by Gasteiger charge is 2.35. The molecule has 0 N–H and O–H groups in total. The first-order chi connectivity index (χ1) is 29.0. The van der Waals surface area contributed by atoms with Crippen LogP contribution in [0.3, 0.4) is 0 Å². The van der Waals surface area contributed by atoms with E-state index in [1.807, 2.05) is 12.1 Å². The molecule has 59 heavy (non-hydrogen) atoms. The van der Waals surface area contributed by atoms with Crippen LogP contribution in [0.2, 0.25) is 0 Å². The van der Waals surface area contributed by atoms with E-state index < -0.39 is 0 Å². The molecule has 9 aromatic carbocycles. The smallest absolute Gasteiger partial charge is 0.143 e. The lowest BCUT2D eigenvalue weighted by Crippen LogP contribution is -2.15. The second kappa shape index (κ2) is 13.9.